The maximum absolute atomic E-state index is 13.3. The summed E-state index contributed by atoms with van der Waals surface area (Å²) in [4.78, 5) is 18.5. The lowest BCUT2D eigenvalue weighted by Crippen LogP contribution is -2.39. The van der Waals surface area contributed by atoms with Crippen molar-refractivity contribution in [3.8, 4) is 0 Å². The normalized spacial score (nSPS) is 20.8. The van der Waals surface area contributed by atoms with Gasteiger partial charge in [0.2, 0.25) is 0 Å². The summed E-state index contributed by atoms with van der Waals surface area (Å²) in [6, 6.07) is 28.6. The molecule has 3 heterocycles. The van der Waals surface area contributed by atoms with Crippen molar-refractivity contribution in [1.29, 1.82) is 0 Å². The number of halogens is 2. The first kappa shape index (κ1) is 33.2. The number of rotatable bonds is 12. The summed E-state index contributed by atoms with van der Waals surface area (Å²) in [5.74, 6) is 1.23. The first-order valence-corrected chi connectivity index (χ1v) is 18.3. The number of piperidine rings is 1. The molecule has 3 aromatic carbocycles. The Bertz CT molecular complexity index is 1530. The summed E-state index contributed by atoms with van der Waals surface area (Å²) >= 11 is 14.5. The van der Waals surface area contributed by atoms with Crippen LogP contribution in [0, 0.1) is 11.8 Å². The second-order valence-electron chi connectivity index (χ2n) is 13.2. The van der Waals surface area contributed by atoms with Gasteiger partial charge in [-0.3, -0.25) is 9.69 Å². The van der Waals surface area contributed by atoms with Gasteiger partial charge < -0.3 is 9.64 Å². The van der Waals surface area contributed by atoms with Crippen LogP contribution in [0.2, 0.25) is 10.0 Å². The highest BCUT2D eigenvalue weighted by Crippen LogP contribution is 2.37. The molecule has 0 bridgehead atoms. The highest BCUT2D eigenvalue weighted by atomic mass is 35.5. The maximum atomic E-state index is 13.3. The molecule has 6 rings (SSSR count). The van der Waals surface area contributed by atoms with Crippen molar-refractivity contribution in [3.63, 3.8) is 0 Å². The van der Waals surface area contributed by atoms with E-state index < -0.39 is 0 Å². The van der Waals surface area contributed by atoms with Crippen molar-refractivity contribution >= 4 is 40.5 Å². The van der Waals surface area contributed by atoms with E-state index in [2.05, 4.69) is 57.0 Å². The SMILES string of the molecule is C[C@H](C(=O)OC(Cc1ccccc1)CC1CCN(CC2CN(Cc3ccc(Cl)cc3Cl)CC2c2ccsc2)CC1)c1ccccc1. The molecule has 0 spiro atoms. The van der Waals surface area contributed by atoms with Crippen molar-refractivity contribution in [2.45, 2.75) is 57.1 Å². The van der Waals surface area contributed by atoms with Gasteiger partial charge in [0, 0.05) is 48.6 Å². The zero-order valence-electron chi connectivity index (χ0n) is 26.6. The monoisotopic (exact) mass is 674 g/mol. The van der Waals surface area contributed by atoms with Gasteiger partial charge in [-0.15, -0.1) is 0 Å². The molecule has 0 saturated carbocycles. The van der Waals surface area contributed by atoms with E-state index in [9.17, 15) is 4.79 Å². The van der Waals surface area contributed by atoms with Crippen LogP contribution in [0.15, 0.2) is 95.7 Å². The molecule has 2 aliphatic heterocycles. The van der Waals surface area contributed by atoms with Crippen LogP contribution in [0.25, 0.3) is 0 Å². The minimum absolute atomic E-state index is 0.122. The van der Waals surface area contributed by atoms with Crippen molar-refractivity contribution in [3.05, 3.63) is 128 Å². The van der Waals surface area contributed by atoms with Gasteiger partial charge in [-0.2, -0.15) is 11.3 Å². The molecule has 2 aliphatic rings. The Labute approximate surface area is 288 Å². The van der Waals surface area contributed by atoms with E-state index in [-0.39, 0.29) is 18.0 Å². The number of esters is 1. The van der Waals surface area contributed by atoms with Crippen LogP contribution in [0.4, 0.5) is 0 Å². The molecular formula is C39H44Cl2N2O2S. The lowest BCUT2D eigenvalue weighted by molar-refractivity contribution is -0.151. The van der Waals surface area contributed by atoms with Gasteiger partial charge in [-0.1, -0.05) is 89.9 Å². The molecule has 4 atom stereocenters. The Kier molecular flexibility index (Phi) is 11.5. The molecular weight excluding hydrogens is 631 g/mol. The Morgan fingerprint density at radius 1 is 0.935 bits per heavy atom. The van der Waals surface area contributed by atoms with Crippen molar-refractivity contribution in [1.82, 2.24) is 9.80 Å². The van der Waals surface area contributed by atoms with E-state index >= 15 is 0 Å². The minimum atomic E-state index is -0.279. The predicted octanol–water partition coefficient (Wildman–Crippen LogP) is 9.33. The summed E-state index contributed by atoms with van der Waals surface area (Å²) in [5, 5.41) is 5.96. The quantitative estimate of drug-likeness (QED) is 0.140. The van der Waals surface area contributed by atoms with Gasteiger partial charge >= 0.3 is 5.97 Å². The van der Waals surface area contributed by atoms with Gasteiger partial charge in [0.15, 0.2) is 0 Å². The van der Waals surface area contributed by atoms with Crippen LogP contribution in [0.3, 0.4) is 0 Å². The lowest BCUT2D eigenvalue weighted by Gasteiger charge is -2.36. The fraction of sp³-hybridized carbons (Fsp3) is 0.410. The largest absolute Gasteiger partial charge is 0.462 e. The van der Waals surface area contributed by atoms with Crippen LogP contribution >= 0.6 is 34.5 Å². The molecule has 0 amide bonds. The van der Waals surface area contributed by atoms with Crippen molar-refractivity contribution < 1.29 is 9.53 Å². The smallest absolute Gasteiger partial charge is 0.313 e. The molecule has 2 saturated heterocycles. The number of hydrogen-bond donors (Lipinski definition) is 0. The van der Waals surface area contributed by atoms with E-state index in [1.54, 1.807) is 11.3 Å². The van der Waals surface area contributed by atoms with Crippen LogP contribution in [-0.2, 0) is 22.5 Å². The summed E-state index contributed by atoms with van der Waals surface area (Å²) < 4.78 is 6.26. The van der Waals surface area contributed by atoms with E-state index in [1.807, 2.05) is 55.5 Å². The number of nitrogens with zero attached hydrogens (tertiary/aromatic N) is 2. The van der Waals surface area contributed by atoms with Crippen LogP contribution in [0.1, 0.15) is 60.3 Å². The molecule has 242 valence electrons. The second-order valence-corrected chi connectivity index (χ2v) is 14.8. The third kappa shape index (κ3) is 8.81. The zero-order chi connectivity index (χ0) is 31.9. The van der Waals surface area contributed by atoms with Crippen molar-refractivity contribution in [2.24, 2.45) is 11.8 Å². The summed E-state index contributed by atoms with van der Waals surface area (Å²) in [7, 11) is 0. The fourth-order valence-corrected chi connectivity index (χ4v) is 8.52. The third-order valence-electron chi connectivity index (χ3n) is 9.94. The maximum Gasteiger partial charge on any atom is 0.313 e. The minimum Gasteiger partial charge on any atom is -0.462 e. The van der Waals surface area contributed by atoms with Crippen LogP contribution in [-0.4, -0.2) is 54.6 Å². The first-order chi connectivity index (χ1) is 22.4. The van der Waals surface area contributed by atoms with Crippen LogP contribution in [0.5, 0.6) is 0 Å². The van der Waals surface area contributed by atoms with Gasteiger partial charge in [-0.25, -0.2) is 0 Å². The number of likely N-dealkylation sites (tertiary alicyclic amines) is 2. The standard InChI is InChI=1S/C39H44Cl2N2O2S/c1-28(31-10-6-3-7-11-31)39(44)45-36(20-29-8-4-2-5-9-29)21-30-14-17-42(18-15-30)24-34-25-43(26-37(34)33-16-19-46-27-33)23-32-12-13-35(40)22-38(32)41/h2-13,16,19,22,27-28,30,34,36-37H,14-15,17-18,20-21,23-26H2,1H3/t28-,34?,36?,37?/m0/s1. The summed E-state index contributed by atoms with van der Waals surface area (Å²) in [6.45, 7) is 8.20. The van der Waals surface area contributed by atoms with E-state index in [0.717, 1.165) is 81.1 Å². The average Bonchev–Trinajstić information content (AvgIpc) is 3.74. The molecule has 4 nitrogen and oxygen atoms in total. The Morgan fingerprint density at radius 2 is 1.67 bits per heavy atom. The third-order valence-corrected chi connectivity index (χ3v) is 11.2. The van der Waals surface area contributed by atoms with E-state index in [1.165, 1.54) is 11.1 Å². The molecule has 0 radical (unpaired) electrons. The second kappa shape index (κ2) is 16.0. The molecule has 0 aliphatic carbocycles. The number of carbonyl (C=O) groups excluding carboxylic acids is 1. The number of benzene rings is 3. The molecule has 7 heteroatoms. The van der Waals surface area contributed by atoms with Crippen molar-refractivity contribution in [2.75, 3.05) is 32.7 Å². The summed E-state index contributed by atoms with van der Waals surface area (Å²) in [6.07, 6.45) is 3.82. The number of ether oxygens (including phenoxy) is 1. The van der Waals surface area contributed by atoms with Gasteiger partial charge in [0.1, 0.15) is 6.10 Å². The lowest BCUT2D eigenvalue weighted by atomic mass is 9.87. The average molecular weight is 676 g/mol. The highest BCUT2D eigenvalue weighted by molar-refractivity contribution is 7.08. The topological polar surface area (TPSA) is 32.8 Å². The number of thiophene rings is 1. The molecule has 4 aromatic rings. The van der Waals surface area contributed by atoms with Gasteiger partial charge in [0.05, 0.1) is 5.92 Å². The summed E-state index contributed by atoms with van der Waals surface area (Å²) in [5.41, 5.74) is 4.82. The Hall–Kier alpha value is -2.67. The highest BCUT2D eigenvalue weighted by Gasteiger charge is 2.36. The van der Waals surface area contributed by atoms with Gasteiger partial charge in [-0.05, 0) is 102 Å². The Balaban J connectivity index is 1.06. The van der Waals surface area contributed by atoms with E-state index in [4.69, 9.17) is 27.9 Å². The number of hydrogen-bond acceptors (Lipinski definition) is 5. The fourth-order valence-electron chi connectivity index (χ4n) is 7.33. The van der Waals surface area contributed by atoms with Crippen LogP contribution < -0.4 is 0 Å². The van der Waals surface area contributed by atoms with Gasteiger partial charge in [0.25, 0.3) is 0 Å². The zero-order valence-corrected chi connectivity index (χ0v) is 28.9. The molecule has 2 fully saturated rings. The first-order valence-electron chi connectivity index (χ1n) is 16.6. The molecule has 46 heavy (non-hydrogen) atoms. The predicted molar refractivity (Wildman–Crippen MR) is 191 cm³/mol. The Morgan fingerprint density at radius 3 is 2.37 bits per heavy atom. The van der Waals surface area contributed by atoms with E-state index in [0.29, 0.717) is 22.8 Å². The number of carbonyl (C=O) groups is 1. The molecule has 1 aromatic heterocycles. The molecule has 0 N–H and O–H groups in total. The molecule has 3 unspecified atom stereocenters.